The fourth-order valence-corrected chi connectivity index (χ4v) is 1.93. The van der Waals surface area contributed by atoms with Gasteiger partial charge < -0.3 is 9.47 Å². The summed E-state index contributed by atoms with van der Waals surface area (Å²) >= 11 is 11.8. The first-order valence-corrected chi connectivity index (χ1v) is 5.78. The number of halogens is 2. The average Bonchev–Trinajstić information content (AvgIpc) is 2.25. The smallest absolute Gasteiger partial charge is 0.143 e. The summed E-state index contributed by atoms with van der Waals surface area (Å²) in [5, 5.41) is 1.12. The van der Waals surface area contributed by atoms with E-state index in [-0.39, 0.29) is 6.10 Å². The lowest BCUT2D eigenvalue weighted by molar-refractivity contribution is 0.0681. The van der Waals surface area contributed by atoms with E-state index in [1.54, 1.807) is 18.2 Å². The molecule has 1 aliphatic heterocycles. The van der Waals surface area contributed by atoms with Crippen molar-refractivity contribution in [1.82, 2.24) is 0 Å². The van der Waals surface area contributed by atoms with Crippen molar-refractivity contribution in [1.29, 1.82) is 0 Å². The molecule has 2 nitrogen and oxygen atoms in total. The summed E-state index contributed by atoms with van der Waals surface area (Å²) in [4.78, 5) is 0. The third kappa shape index (κ3) is 2.70. The molecule has 1 heterocycles. The van der Waals surface area contributed by atoms with Crippen LogP contribution in [-0.2, 0) is 4.74 Å². The van der Waals surface area contributed by atoms with Gasteiger partial charge in [0.1, 0.15) is 11.9 Å². The highest BCUT2D eigenvalue weighted by Gasteiger charge is 2.17. The lowest BCUT2D eigenvalue weighted by atomic mass is 10.1. The minimum Gasteiger partial charge on any atom is -0.482 e. The van der Waals surface area contributed by atoms with Crippen LogP contribution in [0.4, 0.5) is 0 Å². The maximum absolute atomic E-state index is 6.03. The molecule has 2 rings (SSSR count). The second kappa shape index (κ2) is 5.09. The Morgan fingerprint density at radius 3 is 2.88 bits per heavy atom. The van der Waals surface area contributed by atoms with E-state index >= 15 is 0 Å². The van der Waals surface area contributed by atoms with Crippen LogP contribution >= 0.6 is 23.2 Å². The van der Waals surface area contributed by atoms with Gasteiger partial charge in [-0.1, -0.05) is 29.3 Å². The Bertz CT molecular complexity index is 415. The summed E-state index contributed by atoms with van der Waals surface area (Å²) in [5.74, 6) is 0.634. The third-order valence-electron chi connectivity index (χ3n) is 2.46. The molecule has 0 aromatic heterocycles. The summed E-state index contributed by atoms with van der Waals surface area (Å²) in [7, 11) is 0. The first-order valence-electron chi connectivity index (χ1n) is 5.03. The van der Waals surface area contributed by atoms with E-state index in [1.807, 2.05) is 13.0 Å². The highest BCUT2D eigenvalue weighted by molar-refractivity contribution is 6.35. The Balaban J connectivity index is 2.14. The molecular formula is C12H12Cl2O2. The standard InChI is InChI=1S/C12H12Cl2O2/c1-8-4-5-15-7-12(8)16-11-3-2-9(13)6-10(11)14/h2-4,6,12H,5,7H2,1H3. The maximum atomic E-state index is 6.03. The molecule has 0 saturated carbocycles. The van der Waals surface area contributed by atoms with E-state index in [2.05, 4.69) is 0 Å². The number of hydrogen-bond acceptors (Lipinski definition) is 2. The normalized spacial score (nSPS) is 20.4. The molecule has 16 heavy (non-hydrogen) atoms. The van der Waals surface area contributed by atoms with Crippen molar-refractivity contribution in [3.63, 3.8) is 0 Å². The van der Waals surface area contributed by atoms with Gasteiger partial charge in [-0.3, -0.25) is 0 Å². The van der Waals surface area contributed by atoms with Gasteiger partial charge >= 0.3 is 0 Å². The van der Waals surface area contributed by atoms with Crippen LogP contribution in [0, 0.1) is 0 Å². The molecule has 0 N–H and O–H groups in total. The van der Waals surface area contributed by atoms with E-state index in [0.29, 0.717) is 29.0 Å². The van der Waals surface area contributed by atoms with Crippen molar-refractivity contribution in [3.8, 4) is 5.75 Å². The van der Waals surface area contributed by atoms with E-state index in [9.17, 15) is 0 Å². The zero-order valence-corrected chi connectivity index (χ0v) is 10.4. The largest absolute Gasteiger partial charge is 0.482 e. The summed E-state index contributed by atoms with van der Waals surface area (Å²) < 4.78 is 11.1. The Morgan fingerprint density at radius 2 is 2.19 bits per heavy atom. The second-order valence-electron chi connectivity index (χ2n) is 3.67. The number of benzene rings is 1. The minimum atomic E-state index is -0.0626. The van der Waals surface area contributed by atoms with E-state index in [0.717, 1.165) is 5.57 Å². The average molecular weight is 259 g/mol. The first-order chi connectivity index (χ1) is 7.66. The molecule has 1 aliphatic rings. The molecule has 86 valence electrons. The molecule has 1 aromatic carbocycles. The zero-order valence-electron chi connectivity index (χ0n) is 8.87. The summed E-state index contributed by atoms with van der Waals surface area (Å²) in [6, 6.07) is 5.19. The molecule has 4 heteroatoms. The minimum absolute atomic E-state index is 0.0626. The molecule has 0 spiro atoms. The monoisotopic (exact) mass is 258 g/mol. The number of rotatable bonds is 2. The van der Waals surface area contributed by atoms with Crippen molar-refractivity contribution < 1.29 is 9.47 Å². The van der Waals surface area contributed by atoms with E-state index in [1.165, 1.54) is 0 Å². The van der Waals surface area contributed by atoms with Crippen LogP contribution in [0.3, 0.4) is 0 Å². The lowest BCUT2D eigenvalue weighted by Crippen LogP contribution is -2.28. The topological polar surface area (TPSA) is 18.5 Å². The van der Waals surface area contributed by atoms with Crippen LogP contribution in [0.25, 0.3) is 0 Å². The summed E-state index contributed by atoms with van der Waals surface area (Å²) in [5.41, 5.74) is 1.16. The van der Waals surface area contributed by atoms with Crippen LogP contribution in [0.5, 0.6) is 5.75 Å². The van der Waals surface area contributed by atoms with Gasteiger partial charge in [0.15, 0.2) is 0 Å². The molecule has 0 amide bonds. The van der Waals surface area contributed by atoms with Gasteiger partial charge in [0.25, 0.3) is 0 Å². The van der Waals surface area contributed by atoms with Crippen LogP contribution in [0.1, 0.15) is 6.92 Å². The van der Waals surface area contributed by atoms with Gasteiger partial charge in [0, 0.05) is 5.02 Å². The molecule has 1 atom stereocenters. The van der Waals surface area contributed by atoms with Crippen molar-refractivity contribution >= 4 is 23.2 Å². The Kier molecular flexibility index (Phi) is 3.74. The fourth-order valence-electron chi connectivity index (χ4n) is 1.48. The van der Waals surface area contributed by atoms with Gasteiger partial charge in [-0.15, -0.1) is 0 Å². The molecule has 0 fully saturated rings. The van der Waals surface area contributed by atoms with Crippen LogP contribution < -0.4 is 4.74 Å². The molecular weight excluding hydrogens is 247 g/mol. The third-order valence-corrected chi connectivity index (χ3v) is 2.99. The predicted octanol–water partition coefficient (Wildman–Crippen LogP) is 3.72. The van der Waals surface area contributed by atoms with Crippen molar-refractivity contribution in [2.45, 2.75) is 13.0 Å². The number of ether oxygens (including phenoxy) is 2. The maximum Gasteiger partial charge on any atom is 0.143 e. The van der Waals surface area contributed by atoms with Crippen molar-refractivity contribution in [3.05, 3.63) is 39.9 Å². The SMILES string of the molecule is CC1=CCOCC1Oc1ccc(Cl)cc1Cl. The fraction of sp³-hybridized carbons (Fsp3) is 0.333. The Hall–Kier alpha value is -0.700. The molecule has 0 saturated heterocycles. The van der Waals surface area contributed by atoms with Crippen LogP contribution in [-0.4, -0.2) is 19.3 Å². The van der Waals surface area contributed by atoms with E-state index < -0.39 is 0 Å². The van der Waals surface area contributed by atoms with Gasteiger partial charge in [-0.05, 0) is 30.7 Å². The highest BCUT2D eigenvalue weighted by Crippen LogP contribution is 2.29. The van der Waals surface area contributed by atoms with Gasteiger partial charge in [-0.2, -0.15) is 0 Å². The number of hydrogen-bond donors (Lipinski definition) is 0. The van der Waals surface area contributed by atoms with Crippen LogP contribution in [0.15, 0.2) is 29.8 Å². The quantitative estimate of drug-likeness (QED) is 0.753. The molecule has 1 aromatic rings. The highest BCUT2D eigenvalue weighted by atomic mass is 35.5. The first kappa shape index (κ1) is 11.8. The molecule has 0 radical (unpaired) electrons. The summed E-state index contributed by atoms with van der Waals surface area (Å²) in [6.07, 6.45) is 1.95. The Labute approximate surface area is 105 Å². The van der Waals surface area contributed by atoms with Crippen LogP contribution in [0.2, 0.25) is 10.0 Å². The van der Waals surface area contributed by atoms with Gasteiger partial charge in [-0.25, -0.2) is 0 Å². The lowest BCUT2D eigenvalue weighted by Gasteiger charge is -2.23. The van der Waals surface area contributed by atoms with Crippen molar-refractivity contribution in [2.75, 3.05) is 13.2 Å². The second-order valence-corrected chi connectivity index (χ2v) is 4.51. The molecule has 0 bridgehead atoms. The predicted molar refractivity (Wildman–Crippen MR) is 65.5 cm³/mol. The van der Waals surface area contributed by atoms with Crippen molar-refractivity contribution in [2.24, 2.45) is 0 Å². The zero-order chi connectivity index (χ0) is 11.5. The van der Waals surface area contributed by atoms with E-state index in [4.69, 9.17) is 32.7 Å². The van der Waals surface area contributed by atoms with Gasteiger partial charge in [0.2, 0.25) is 0 Å². The van der Waals surface area contributed by atoms with Gasteiger partial charge in [0.05, 0.1) is 18.2 Å². The molecule has 1 unspecified atom stereocenters. The Morgan fingerprint density at radius 1 is 1.38 bits per heavy atom. The molecule has 0 aliphatic carbocycles. The summed E-state index contributed by atoms with van der Waals surface area (Å²) in [6.45, 7) is 3.23.